The summed E-state index contributed by atoms with van der Waals surface area (Å²) in [6.07, 6.45) is 2.41. The fraction of sp³-hybridized carbons (Fsp3) is 0.429. The van der Waals surface area contributed by atoms with Gasteiger partial charge in [0.25, 0.3) is 11.9 Å². The van der Waals surface area contributed by atoms with Gasteiger partial charge in [-0.25, -0.2) is 4.99 Å². The van der Waals surface area contributed by atoms with E-state index in [0.717, 1.165) is 0 Å². The highest BCUT2D eigenvalue weighted by Crippen LogP contribution is 2.32. The van der Waals surface area contributed by atoms with Crippen molar-refractivity contribution >= 4 is 11.9 Å². The topological polar surface area (TPSA) is 69.2 Å². The number of carbonyl (C=O) groups is 1. The Labute approximate surface area is 116 Å². The maximum absolute atomic E-state index is 12.1. The molecule has 0 atom stereocenters. The Kier molecular flexibility index (Phi) is 3.45. The minimum atomic E-state index is -0.278. The van der Waals surface area contributed by atoms with Gasteiger partial charge >= 0.3 is 0 Å². The van der Waals surface area contributed by atoms with Crippen molar-refractivity contribution in [3.63, 3.8) is 0 Å². The van der Waals surface area contributed by atoms with Crippen molar-refractivity contribution in [1.82, 2.24) is 5.32 Å². The largest absolute Gasteiger partial charge is 0.468 e. The maximum Gasteiger partial charge on any atom is 0.291 e. The molecule has 0 unspecified atom stereocenters. The average molecular weight is 276 g/mol. The number of methoxy groups -OCH3 is 1. The predicted octanol–water partition coefficient (Wildman–Crippen LogP) is 1.56. The molecule has 1 aromatic rings. The molecular weight excluding hydrogens is 260 g/mol. The van der Waals surface area contributed by atoms with Crippen LogP contribution in [0.3, 0.4) is 0 Å². The van der Waals surface area contributed by atoms with Gasteiger partial charge in [0.2, 0.25) is 6.79 Å². The molecule has 0 radical (unpaired) electrons. The molecule has 1 N–H and O–H groups in total. The summed E-state index contributed by atoms with van der Waals surface area (Å²) in [4.78, 5) is 16.4. The number of nitrogens with one attached hydrogen (secondary N) is 1. The third-order valence-electron chi connectivity index (χ3n) is 3.24. The van der Waals surface area contributed by atoms with E-state index in [1.807, 2.05) is 0 Å². The first kappa shape index (κ1) is 12.8. The Morgan fingerprint density at radius 3 is 2.95 bits per heavy atom. The Balaban J connectivity index is 1.66. The highest BCUT2D eigenvalue weighted by molar-refractivity contribution is 6.04. The van der Waals surface area contributed by atoms with Crippen molar-refractivity contribution in [2.24, 2.45) is 10.9 Å². The molecule has 2 aliphatic rings. The lowest BCUT2D eigenvalue weighted by atomic mass is 10.2. The van der Waals surface area contributed by atoms with Crippen LogP contribution in [0.25, 0.3) is 0 Å². The molecule has 0 spiro atoms. The molecule has 0 saturated heterocycles. The summed E-state index contributed by atoms with van der Waals surface area (Å²) in [5.41, 5.74) is 0.477. The van der Waals surface area contributed by atoms with E-state index in [1.165, 1.54) is 20.0 Å². The molecule has 3 rings (SSSR count). The predicted molar refractivity (Wildman–Crippen MR) is 72.1 cm³/mol. The molecule has 1 fully saturated rings. The Morgan fingerprint density at radius 1 is 1.40 bits per heavy atom. The Morgan fingerprint density at radius 2 is 2.20 bits per heavy atom. The van der Waals surface area contributed by atoms with Crippen molar-refractivity contribution < 1.29 is 19.0 Å². The van der Waals surface area contributed by atoms with E-state index in [0.29, 0.717) is 29.5 Å². The molecule has 1 heterocycles. The van der Waals surface area contributed by atoms with E-state index in [2.05, 4.69) is 10.3 Å². The minimum Gasteiger partial charge on any atom is -0.468 e. The fourth-order valence-electron chi connectivity index (χ4n) is 1.87. The monoisotopic (exact) mass is 276 g/mol. The third kappa shape index (κ3) is 2.84. The van der Waals surface area contributed by atoms with E-state index in [-0.39, 0.29) is 18.7 Å². The molecule has 1 aromatic carbocycles. The number of benzene rings is 1. The van der Waals surface area contributed by atoms with E-state index in [1.54, 1.807) is 18.2 Å². The number of rotatable bonds is 3. The number of amidine groups is 1. The number of aliphatic imine (C=N–C) groups is 1. The Hall–Kier alpha value is -2.24. The van der Waals surface area contributed by atoms with Gasteiger partial charge in [-0.05, 0) is 37.0 Å². The van der Waals surface area contributed by atoms with Crippen LogP contribution >= 0.6 is 0 Å². The van der Waals surface area contributed by atoms with Crippen LogP contribution in [-0.2, 0) is 4.74 Å². The molecule has 0 bridgehead atoms. The quantitative estimate of drug-likeness (QED) is 0.672. The lowest BCUT2D eigenvalue weighted by molar-refractivity contribution is 0.0968. The van der Waals surface area contributed by atoms with Crippen molar-refractivity contribution in [2.45, 2.75) is 12.8 Å². The number of nitrogens with zero attached hydrogens (tertiary/aromatic N) is 1. The van der Waals surface area contributed by atoms with E-state index in [9.17, 15) is 4.79 Å². The first-order valence-corrected chi connectivity index (χ1v) is 6.55. The highest BCUT2D eigenvalue weighted by atomic mass is 16.7. The summed E-state index contributed by atoms with van der Waals surface area (Å²) in [7, 11) is 1.49. The Bertz CT molecular complexity index is 552. The number of ether oxygens (including phenoxy) is 3. The summed E-state index contributed by atoms with van der Waals surface area (Å²) in [5, 5.41) is 2.65. The number of amides is 1. The second-order valence-corrected chi connectivity index (χ2v) is 4.82. The molecule has 106 valence electrons. The van der Waals surface area contributed by atoms with Crippen LogP contribution < -0.4 is 14.8 Å². The number of carbonyl (C=O) groups excluding carboxylic acids is 1. The fourth-order valence-corrected chi connectivity index (χ4v) is 1.87. The standard InChI is InChI=1S/C14H16N2O4/c1-18-14(15-7-9-2-3-9)16-13(17)10-4-5-11-12(6-10)20-8-19-11/h4-6,9H,2-3,7-8H2,1H3,(H,15,16,17). The van der Waals surface area contributed by atoms with Crippen molar-refractivity contribution in [3.05, 3.63) is 23.8 Å². The molecular formula is C14H16N2O4. The molecule has 1 aliphatic carbocycles. The molecule has 0 aromatic heterocycles. The van der Waals surface area contributed by atoms with Crippen LogP contribution in [0, 0.1) is 5.92 Å². The van der Waals surface area contributed by atoms with Crippen molar-refractivity contribution in [3.8, 4) is 11.5 Å². The maximum atomic E-state index is 12.1. The highest BCUT2D eigenvalue weighted by Gasteiger charge is 2.21. The van der Waals surface area contributed by atoms with E-state index in [4.69, 9.17) is 14.2 Å². The van der Waals surface area contributed by atoms with Gasteiger partial charge in [0.05, 0.1) is 7.11 Å². The van der Waals surface area contributed by atoms with Gasteiger partial charge in [-0.2, -0.15) is 0 Å². The molecule has 1 amide bonds. The molecule has 6 heteroatoms. The van der Waals surface area contributed by atoms with Gasteiger partial charge in [-0.1, -0.05) is 0 Å². The average Bonchev–Trinajstić information content (AvgIpc) is 3.18. The first-order chi connectivity index (χ1) is 9.76. The molecule has 1 aliphatic heterocycles. The molecule has 20 heavy (non-hydrogen) atoms. The lowest BCUT2D eigenvalue weighted by Crippen LogP contribution is -2.32. The van der Waals surface area contributed by atoms with Gasteiger partial charge in [-0.15, -0.1) is 0 Å². The van der Waals surface area contributed by atoms with Gasteiger partial charge in [0.15, 0.2) is 11.5 Å². The summed E-state index contributed by atoms with van der Waals surface area (Å²) >= 11 is 0. The van der Waals surface area contributed by atoms with Crippen LogP contribution in [0.2, 0.25) is 0 Å². The minimum absolute atomic E-state index is 0.187. The van der Waals surface area contributed by atoms with Crippen LogP contribution in [0.4, 0.5) is 0 Å². The zero-order valence-electron chi connectivity index (χ0n) is 11.2. The van der Waals surface area contributed by atoms with Gasteiger partial charge < -0.3 is 14.2 Å². The number of fused-ring (bicyclic) bond motifs is 1. The van der Waals surface area contributed by atoms with Crippen LogP contribution in [0.15, 0.2) is 23.2 Å². The zero-order valence-corrected chi connectivity index (χ0v) is 11.2. The third-order valence-corrected chi connectivity index (χ3v) is 3.24. The van der Waals surface area contributed by atoms with Gasteiger partial charge in [0, 0.05) is 12.1 Å². The van der Waals surface area contributed by atoms with Gasteiger partial charge in [-0.3, -0.25) is 10.1 Å². The number of hydrogen-bond acceptors (Lipinski definition) is 5. The smallest absolute Gasteiger partial charge is 0.291 e. The summed E-state index contributed by atoms with van der Waals surface area (Å²) in [5.74, 6) is 1.59. The van der Waals surface area contributed by atoms with E-state index < -0.39 is 0 Å². The second kappa shape index (κ2) is 5.40. The summed E-state index contributed by atoms with van der Waals surface area (Å²) in [6, 6.07) is 5.29. The zero-order chi connectivity index (χ0) is 13.9. The summed E-state index contributed by atoms with van der Waals surface area (Å²) < 4.78 is 15.5. The summed E-state index contributed by atoms with van der Waals surface area (Å²) in [6.45, 7) is 0.886. The van der Waals surface area contributed by atoms with Crippen LogP contribution in [0.5, 0.6) is 11.5 Å². The van der Waals surface area contributed by atoms with Crippen LogP contribution in [-0.4, -0.2) is 32.4 Å². The second-order valence-electron chi connectivity index (χ2n) is 4.82. The molecule has 1 saturated carbocycles. The van der Waals surface area contributed by atoms with Crippen LogP contribution in [0.1, 0.15) is 23.2 Å². The molecule has 6 nitrogen and oxygen atoms in total. The lowest BCUT2D eigenvalue weighted by Gasteiger charge is -2.07. The normalized spacial score (nSPS) is 16.9. The van der Waals surface area contributed by atoms with Gasteiger partial charge in [0.1, 0.15) is 0 Å². The van der Waals surface area contributed by atoms with E-state index >= 15 is 0 Å². The van der Waals surface area contributed by atoms with Crippen molar-refractivity contribution in [2.75, 3.05) is 20.4 Å². The number of hydrogen-bond donors (Lipinski definition) is 1. The SMILES string of the molecule is COC(=NCC1CC1)NC(=O)c1ccc2c(c1)OCO2. The first-order valence-electron chi connectivity index (χ1n) is 6.55. The van der Waals surface area contributed by atoms with Crippen molar-refractivity contribution in [1.29, 1.82) is 0 Å².